The molecule has 3 N–H and O–H groups in total. The number of carbonyl (C=O) groups excluding carboxylic acids is 2. The van der Waals surface area contributed by atoms with Gasteiger partial charge in [-0.3, -0.25) is 14.9 Å². The molecule has 0 radical (unpaired) electrons. The Labute approximate surface area is 188 Å². The Morgan fingerprint density at radius 3 is 2.59 bits per heavy atom. The molecule has 2 aliphatic rings. The Balaban J connectivity index is 1.42. The highest BCUT2D eigenvalue weighted by Gasteiger charge is 2.29. The van der Waals surface area contributed by atoms with E-state index in [0.29, 0.717) is 25.4 Å². The van der Waals surface area contributed by atoms with Crippen LogP contribution < -0.4 is 25.4 Å². The van der Waals surface area contributed by atoms with E-state index in [-0.39, 0.29) is 36.2 Å². The Hall–Kier alpha value is -3.06. The fourth-order valence-corrected chi connectivity index (χ4v) is 4.22. The number of rotatable bonds is 6. The van der Waals surface area contributed by atoms with Crippen LogP contribution in [-0.2, 0) is 9.59 Å². The Morgan fingerprint density at radius 2 is 1.84 bits per heavy atom. The van der Waals surface area contributed by atoms with Gasteiger partial charge in [-0.1, -0.05) is 50.2 Å². The molecule has 170 valence electrons. The molecule has 0 bridgehead atoms. The number of nitrogens with one attached hydrogen (secondary N) is 3. The summed E-state index contributed by atoms with van der Waals surface area (Å²) in [5.41, 5.74) is 2.01. The van der Waals surface area contributed by atoms with Gasteiger partial charge in [0.2, 0.25) is 11.8 Å². The van der Waals surface area contributed by atoms with E-state index < -0.39 is 6.17 Å². The monoisotopic (exact) mass is 437 g/mol. The van der Waals surface area contributed by atoms with E-state index in [9.17, 15) is 9.59 Å². The number of hydrogen-bond acceptors (Lipinski definition) is 5. The molecule has 7 nitrogen and oxygen atoms in total. The van der Waals surface area contributed by atoms with E-state index in [1.807, 2.05) is 48.5 Å². The first-order valence-electron chi connectivity index (χ1n) is 11.3. The summed E-state index contributed by atoms with van der Waals surface area (Å²) in [6, 6.07) is 15.4. The van der Waals surface area contributed by atoms with E-state index in [4.69, 9.17) is 9.47 Å². The van der Waals surface area contributed by atoms with E-state index in [2.05, 4.69) is 29.8 Å². The summed E-state index contributed by atoms with van der Waals surface area (Å²) in [5.74, 6) is 1.45. The van der Waals surface area contributed by atoms with Crippen molar-refractivity contribution in [3.8, 4) is 11.5 Å². The maximum atomic E-state index is 12.9. The fraction of sp³-hybridized carbons (Fsp3) is 0.440. The van der Waals surface area contributed by atoms with Crippen LogP contribution >= 0.6 is 0 Å². The van der Waals surface area contributed by atoms with Crippen LogP contribution in [0.25, 0.3) is 0 Å². The Bertz CT molecular complexity index is 947. The zero-order valence-corrected chi connectivity index (χ0v) is 18.6. The van der Waals surface area contributed by atoms with Gasteiger partial charge in [0, 0.05) is 18.9 Å². The van der Waals surface area contributed by atoms with Gasteiger partial charge in [0.15, 0.2) is 11.5 Å². The summed E-state index contributed by atoms with van der Waals surface area (Å²) in [6.07, 6.45) is 0.938. The molecule has 2 aromatic rings. The molecule has 1 fully saturated rings. The Kier molecular flexibility index (Phi) is 6.95. The molecule has 2 heterocycles. The van der Waals surface area contributed by atoms with Crippen LogP contribution in [0.2, 0.25) is 0 Å². The first-order chi connectivity index (χ1) is 15.5. The second-order valence-electron chi connectivity index (χ2n) is 8.70. The maximum Gasteiger partial charge on any atom is 0.223 e. The molecule has 1 saturated heterocycles. The normalized spacial score (nSPS) is 21.4. The van der Waals surface area contributed by atoms with Crippen LogP contribution in [0, 0.1) is 5.92 Å². The van der Waals surface area contributed by atoms with Crippen molar-refractivity contribution in [3.05, 3.63) is 59.7 Å². The number of carbonyl (C=O) groups is 2. The van der Waals surface area contributed by atoms with Crippen molar-refractivity contribution in [1.29, 1.82) is 0 Å². The van der Waals surface area contributed by atoms with Crippen molar-refractivity contribution >= 4 is 11.8 Å². The average molecular weight is 438 g/mol. The molecule has 7 heteroatoms. The van der Waals surface area contributed by atoms with E-state index in [0.717, 1.165) is 23.3 Å². The lowest BCUT2D eigenvalue weighted by Gasteiger charge is -2.32. The molecule has 32 heavy (non-hydrogen) atoms. The average Bonchev–Trinajstić information content (AvgIpc) is 3.02. The lowest BCUT2D eigenvalue weighted by atomic mass is 9.95. The summed E-state index contributed by atoms with van der Waals surface area (Å²) < 4.78 is 11.5. The fourth-order valence-electron chi connectivity index (χ4n) is 4.22. The zero-order chi connectivity index (χ0) is 22.5. The number of fused-ring (bicyclic) bond motifs is 1. The smallest absolute Gasteiger partial charge is 0.223 e. The summed E-state index contributed by atoms with van der Waals surface area (Å²) in [5, 5.41) is 9.43. The Morgan fingerprint density at radius 1 is 1.09 bits per heavy atom. The quantitative estimate of drug-likeness (QED) is 0.646. The second-order valence-corrected chi connectivity index (χ2v) is 8.70. The maximum absolute atomic E-state index is 12.9. The van der Waals surface area contributed by atoms with Gasteiger partial charge in [-0.2, -0.15) is 0 Å². The van der Waals surface area contributed by atoms with Crippen molar-refractivity contribution in [3.63, 3.8) is 0 Å². The van der Waals surface area contributed by atoms with Crippen molar-refractivity contribution in [2.24, 2.45) is 5.92 Å². The minimum absolute atomic E-state index is 0.0567. The van der Waals surface area contributed by atoms with Gasteiger partial charge in [-0.15, -0.1) is 0 Å². The zero-order valence-electron chi connectivity index (χ0n) is 18.6. The van der Waals surface area contributed by atoms with Gasteiger partial charge >= 0.3 is 0 Å². The van der Waals surface area contributed by atoms with Gasteiger partial charge in [-0.25, -0.2) is 0 Å². The third-order valence-corrected chi connectivity index (χ3v) is 5.83. The highest BCUT2D eigenvalue weighted by Crippen LogP contribution is 2.34. The summed E-state index contributed by atoms with van der Waals surface area (Å²) >= 11 is 0. The molecule has 0 spiro atoms. The third-order valence-electron chi connectivity index (χ3n) is 5.83. The summed E-state index contributed by atoms with van der Waals surface area (Å²) in [4.78, 5) is 25.2. The number of ether oxygens (including phenoxy) is 2. The lowest BCUT2D eigenvalue weighted by molar-refractivity contribution is -0.126. The summed E-state index contributed by atoms with van der Waals surface area (Å²) in [6.45, 7) is 5.39. The highest BCUT2D eigenvalue weighted by atomic mass is 16.5. The van der Waals surface area contributed by atoms with Crippen molar-refractivity contribution < 1.29 is 19.1 Å². The van der Waals surface area contributed by atoms with Crippen LogP contribution in [0.3, 0.4) is 0 Å². The molecule has 0 aromatic heterocycles. The first kappa shape index (κ1) is 22.1. The largest absolute Gasteiger partial charge is 0.490 e. The SMILES string of the molecule is CC(C)C(NC(=O)CC1NC(=O)CC(c2ccccc2)N1)c1ccc2c(c1)OCCCO2. The predicted octanol–water partition coefficient (Wildman–Crippen LogP) is 3.23. The molecular formula is C25H31N3O4. The van der Waals surface area contributed by atoms with Gasteiger partial charge in [0.25, 0.3) is 0 Å². The van der Waals surface area contributed by atoms with E-state index in [1.54, 1.807) is 0 Å². The molecule has 2 amide bonds. The lowest BCUT2D eigenvalue weighted by Crippen LogP contribution is -2.54. The number of hydrogen-bond donors (Lipinski definition) is 3. The van der Waals surface area contributed by atoms with Gasteiger partial charge in [-0.05, 0) is 29.2 Å². The molecule has 2 aliphatic heterocycles. The third kappa shape index (κ3) is 5.40. The van der Waals surface area contributed by atoms with Gasteiger partial charge in [0.05, 0.1) is 31.8 Å². The van der Waals surface area contributed by atoms with Crippen molar-refractivity contribution in [2.45, 2.75) is 51.4 Å². The van der Waals surface area contributed by atoms with Crippen LogP contribution in [0.4, 0.5) is 0 Å². The molecule has 0 aliphatic carbocycles. The second kappa shape index (κ2) is 10.0. The van der Waals surface area contributed by atoms with Gasteiger partial charge < -0.3 is 20.1 Å². The predicted molar refractivity (Wildman–Crippen MR) is 121 cm³/mol. The molecule has 2 aromatic carbocycles. The molecule has 3 atom stereocenters. The molecular weight excluding hydrogens is 406 g/mol. The van der Waals surface area contributed by atoms with Crippen molar-refractivity contribution in [1.82, 2.24) is 16.0 Å². The standard InChI is InChI=1S/C25H31N3O4/c1-16(2)25(18-9-10-20-21(13-18)32-12-6-11-31-20)28-24(30)15-22-26-19(14-23(29)27-22)17-7-4-3-5-8-17/h3-5,7-10,13,16,19,22,25-26H,6,11-12,14-15H2,1-2H3,(H,27,29)(H,28,30). The molecule has 4 rings (SSSR count). The number of amides is 2. The van der Waals surface area contributed by atoms with Gasteiger partial charge in [0.1, 0.15) is 0 Å². The summed E-state index contributed by atoms with van der Waals surface area (Å²) in [7, 11) is 0. The number of benzene rings is 2. The molecule has 3 unspecified atom stereocenters. The minimum Gasteiger partial charge on any atom is -0.490 e. The van der Waals surface area contributed by atoms with E-state index in [1.165, 1.54) is 0 Å². The molecule has 0 saturated carbocycles. The van der Waals surface area contributed by atoms with Crippen molar-refractivity contribution in [2.75, 3.05) is 13.2 Å². The highest BCUT2D eigenvalue weighted by molar-refractivity contribution is 5.81. The first-order valence-corrected chi connectivity index (χ1v) is 11.3. The van der Waals surface area contributed by atoms with Crippen LogP contribution in [0.5, 0.6) is 11.5 Å². The van der Waals surface area contributed by atoms with Crippen LogP contribution in [0.1, 0.15) is 56.3 Å². The minimum atomic E-state index is -0.418. The van der Waals surface area contributed by atoms with Crippen LogP contribution in [-0.4, -0.2) is 31.2 Å². The van der Waals surface area contributed by atoms with E-state index >= 15 is 0 Å². The van der Waals surface area contributed by atoms with Crippen LogP contribution in [0.15, 0.2) is 48.5 Å². The topological polar surface area (TPSA) is 88.7 Å².